The van der Waals surface area contributed by atoms with Gasteiger partial charge >= 0.3 is 11.9 Å². The van der Waals surface area contributed by atoms with Crippen LogP contribution in [0.2, 0.25) is 0 Å². The van der Waals surface area contributed by atoms with Crippen LogP contribution in [0.1, 0.15) is 37.4 Å². The third-order valence-electron chi connectivity index (χ3n) is 4.95. The van der Waals surface area contributed by atoms with Crippen LogP contribution < -0.4 is 4.74 Å². The van der Waals surface area contributed by atoms with Crippen molar-refractivity contribution in [2.24, 2.45) is 0 Å². The van der Waals surface area contributed by atoms with E-state index in [4.69, 9.17) is 29.7 Å². The molecule has 4 radical (unpaired) electrons. The number of esters is 2. The van der Waals surface area contributed by atoms with Gasteiger partial charge in [-0.05, 0) is 53.1 Å². The van der Waals surface area contributed by atoms with Gasteiger partial charge in [-0.15, -0.1) is 0 Å². The average Bonchev–Trinajstić information content (AvgIpc) is 2.78. The number of carbonyl (C=O) groups is 2. The lowest BCUT2D eigenvalue weighted by Gasteiger charge is -2.14. The van der Waals surface area contributed by atoms with Crippen molar-refractivity contribution < 1.29 is 32.0 Å². The summed E-state index contributed by atoms with van der Waals surface area (Å²) in [6.45, 7) is 1.36. The molecule has 3 rings (SSSR count). The van der Waals surface area contributed by atoms with Crippen LogP contribution in [0.5, 0.6) is 5.75 Å². The quantitative estimate of drug-likeness (QED) is 0.238. The summed E-state index contributed by atoms with van der Waals surface area (Å²) < 4.78 is 40.6. The summed E-state index contributed by atoms with van der Waals surface area (Å²) in [6, 6.07) is 13.2. The maximum absolute atomic E-state index is 12.8. The van der Waals surface area contributed by atoms with E-state index in [0.717, 1.165) is 11.1 Å². The van der Waals surface area contributed by atoms with E-state index in [2.05, 4.69) is 0 Å². The Morgan fingerprint density at radius 3 is 2.06 bits per heavy atom. The van der Waals surface area contributed by atoms with Crippen molar-refractivity contribution in [2.75, 3.05) is 12.4 Å². The van der Waals surface area contributed by atoms with E-state index < -0.39 is 34.4 Å². The molecular weight excluding hydrogens is 442 g/mol. The van der Waals surface area contributed by atoms with Gasteiger partial charge in [0.1, 0.15) is 18.1 Å². The van der Waals surface area contributed by atoms with Crippen molar-refractivity contribution >= 4 is 48.5 Å². The molecule has 1 N–H and O–H groups in total. The predicted molar refractivity (Wildman–Crippen MR) is 126 cm³/mol. The number of benzene rings is 3. The zero-order chi connectivity index (χ0) is 24.2. The first-order chi connectivity index (χ1) is 15.6. The Balaban J connectivity index is 1.78. The van der Waals surface area contributed by atoms with E-state index in [1.807, 2.05) is 19.1 Å². The Hall–Kier alpha value is -3.10. The molecule has 0 fully saturated rings. The van der Waals surface area contributed by atoms with E-state index in [1.54, 1.807) is 30.3 Å². The van der Waals surface area contributed by atoms with Crippen LogP contribution in [0.3, 0.4) is 0 Å². The second kappa shape index (κ2) is 10.2. The Morgan fingerprint density at radius 1 is 0.909 bits per heavy atom. The van der Waals surface area contributed by atoms with Crippen LogP contribution in [0, 0.1) is 6.92 Å². The summed E-state index contributed by atoms with van der Waals surface area (Å²) in [7, 11) is 7.29. The molecule has 0 aliphatic heterocycles. The summed E-state index contributed by atoms with van der Waals surface area (Å²) >= 11 is 0. The number of rotatable bonds is 8. The van der Waals surface area contributed by atoms with Gasteiger partial charge in [0, 0.05) is 0 Å². The molecule has 33 heavy (non-hydrogen) atoms. The topological polar surface area (TPSA) is 107 Å². The molecule has 3 aromatic rings. The highest BCUT2D eigenvalue weighted by atomic mass is 32.2. The minimum Gasteiger partial charge on any atom is -0.461 e. The van der Waals surface area contributed by atoms with Crippen molar-refractivity contribution in [2.45, 2.75) is 19.6 Å². The average molecular weight is 462 g/mol. The fraction of sp³-hybridized carbons (Fsp3) is 0.217. The lowest BCUT2D eigenvalue weighted by molar-refractivity contribution is 0.0528. The van der Waals surface area contributed by atoms with Gasteiger partial charge in [-0.25, -0.2) is 9.59 Å². The third-order valence-corrected chi connectivity index (χ3v) is 5.63. The fourth-order valence-electron chi connectivity index (χ4n) is 3.32. The molecule has 0 aromatic heterocycles. The van der Waals surface area contributed by atoms with Gasteiger partial charge in [0.05, 0.1) is 26.8 Å². The van der Waals surface area contributed by atoms with E-state index >= 15 is 0 Å². The number of ether oxygens (including phenoxy) is 2. The van der Waals surface area contributed by atoms with E-state index in [0.29, 0.717) is 34.0 Å². The van der Waals surface area contributed by atoms with Crippen molar-refractivity contribution in [1.82, 2.24) is 0 Å². The van der Waals surface area contributed by atoms with E-state index in [1.165, 1.54) is 6.07 Å². The molecule has 7 nitrogen and oxygen atoms in total. The first kappa shape index (κ1) is 24.5. The molecule has 0 saturated carbocycles. The second-order valence-corrected chi connectivity index (χ2v) is 8.97. The zero-order valence-electron chi connectivity index (χ0n) is 17.9. The molecule has 10 heteroatoms. The molecule has 0 amide bonds. The lowest BCUT2D eigenvalue weighted by atomic mass is 9.89. The summed E-state index contributed by atoms with van der Waals surface area (Å²) in [5.41, 5.74) is 2.85. The molecule has 0 atom stereocenters. The van der Waals surface area contributed by atoms with Gasteiger partial charge in [0.2, 0.25) is 0 Å². The SMILES string of the molecule is [B]Cc1cc(C)c(OC(=O)c2ccc3cc(C(=O)OCCS(=O)(=O)O)ccc3c2)c(C[B])c1. The maximum Gasteiger partial charge on any atom is 0.343 e. The summed E-state index contributed by atoms with van der Waals surface area (Å²) in [6.07, 6.45) is 0.543. The van der Waals surface area contributed by atoms with Crippen molar-refractivity contribution in [3.8, 4) is 5.75 Å². The van der Waals surface area contributed by atoms with Crippen molar-refractivity contribution in [3.05, 3.63) is 76.3 Å². The van der Waals surface area contributed by atoms with E-state index in [-0.39, 0.29) is 11.9 Å². The molecule has 0 bridgehead atoms. The molecule has 0 unspecified atom stereocenters. The Labute approximate surface area is 194 Å². The number of hydrogen-bond donors (Lipinski definition) is 1. The molecule has 0 heterocycles. The van der Waals surface area contributed by atoms with Crippen molar-refractivity contribution in [1.29, 1.82) is 0 Å². The highest BCUT2D eigenvalue weighted by Crippen LogP contribution is 2.27. The number of fused-ring (bicyclic) bond motifs is 1. The van der Waals surface area contributed by atoms with Gasteiger partial charge < -0.3 is 9.47 Å². The molecule has 0 aliphatic rings. The Bertz CT molecular complexity index is 1320. The minimum atomic E-state index is -4.22. The van der Waals surface area contributed by atoms with Gasteiger partial charge in [0.15, 0.2) is 0 Å². The van der Waals surface area contributed by atoms with Crippen molar-refractivity contribution in [3.63, 3.8) is 0 Å². The molecule has 0 saturated heterocycles. The monoisotopic (exact) mass is 462 g/mol. The third kappa shape index (κ3) is 6.24. The molecule has 166 valence electrons. The number of aryl methyl sites for hydroxylation is 1. The number of hydrogen-bond acceptors (Lipinski definition) is 6. The van der Waals surface area contributed by atoms with Crippen LogP contribution in [0.15, 0.2) is 48.5 Å². The molecular formula is C23H20B2O7S. The normalized spacial score (nSPS) is 11.3. The first-order valence-electron chi connectivity index (χ1n) is 10.0. The van der Waals surface area contributed by atoms with Gasteiger partial charge in [-0.1, -0.05) is 42.5 Å². The Morgan fingerprint density at radius 2 is 1.52 bits per heavy atom. The largest absolute Gasteiger partial charge is 0.461 e. The highest BCUT2D eigenvalue weighted by molar-refractivity contribution is 7.85. The molecule has 0 spiro atoms. The lowest BCUT2D eigenvalue weighted by Crippen LogP contribution is -2.14. The number of carbonyl (C=O) groups excluding carboxylic acids is 2. The predicted octanol–water partition coefficient (Wildman–Crippen LogP) is 2.75. The first-order valence-corrected chi connectivity index (χ1v) is 11.6. The summed E-state index contributed by atoms with van der Waals surface area (Å²) in [5.74, 6) is -1.56. The summed E-state index contributed by atoms with van der Waals surface area (Å²) in [5, 5.41) is 1.36. The van der Waals surface area contributed by atoms with Crippen LogP contribution >= 0.6 is 0 Å². The Kier molecular flexibility index (Phi) is 7.61. The van der Waals surface area contributed by atoms with E-state index in [9.17, 15) is 18.0 Å². The minimum absolute atomic E-state index is 0.193. The van der Waals surface area contributed by atoms with Crippen LogP contribution in [-0.4, -0.2) is 53.0 Å². The molecule has 3 aromatic carbocycles. The summed E-state index contributed by atoms with van der Waals surface area (Å²) in [4.78, 5) is 24.9. The van der Waals surface area contributed by atoms with Crippen LogP contribution in [0.4, 0.5) is 0 Å². The second-order valence-electron chi connectivity index (χ2n) is 7.40. The van der Waals surface area contributed by atoms with Gasteiger partial charge in [-0.2, -0.15) is 8.42 Å². The van der Waals surface area contributed by atoms with Gasteiger partial charge in [0.25, 0.3) is 10.1 Å². The zero-order valence-corrected chi connectivity index (χ0v) is 18.7. The standard InChI is InChI=1S/C23H20B2O7S/c1-14-8-15(12-24)9-20(13-25)21(14)32-23(27)19-5-3-16-10-18(4-2-17(16)11-19)22(26)31-6-7-33(28,29)30/h2-5,8-11H,6-7,12-13H2,1H3,(H,28,29,30). The van der Waals surface area contributed by atoms with Gasteiger partial charge in [-0.3, -0.25) is 4.55 Å². The highest BCUT2D eigenvalue weighted by Gasteiger charge is 2.16. The smallest absolute Gasteiger partial charge is 0.343 e. The van der Waals surface area contributed by atoms with Crippen LogP contribution in [-0.2, 0) is 27.5 Å². The fourth-order valence-corrected chi connectivity index (χ4v) is 3.61. The van der Waals surface area contributed by atoms with Crippen LogP contribution in [0.25, 0.3) is 10.8 Å². The molecule has 0 aliphatic carbocycles. The maximum atomic E-state index is 12.8.